The quantitative estimate of drug-likeness (QED) is 0.766. The van der Waals surface area contributed by atoms with Crippen LogP contribution >= 0.6 is 0 Å². The van der Waals surface area contributed by atoms with Crippen LogP contribution in [0.25, 0.3) is 0 Å². The minimum atomic E-state index is -0.352. The molecule has 0 bridgehead atoms. The average molecular weight is 255 g/mol. The zero-order chi connectivity index (χ0) is 13.6. The smallest absolute Gasteiger partial charge is 0.223 e. The predicted octanol–water partition coefficient (Wildman–Crippen LogP) is 2.87. The summed E-state index contributed by atoms with van der Waals surface area (Å²) in [5.41, 5.74) is -0.352. The van der Waals surface area contributed by atoms with Crippen LogP contribution in [0.5, 0.6) is 0 Å². The van der Waals surface area contributed by atoms with E-state index in [1.807, 2.05) is 6.92 Å². The zero-order valence-corrected chi connectivity index (χ0v) is 12.2. The fraction of sp³-hybridized carbons (Fsp3) is 0.933. The largest absolute Gasteiger partial charge is 0.394 e. The van der Waals surface area contributed by atoms with E-state index in [0.29, 0.717) is 5.92 Å². The van der Waals surface area contributed by atoms with Gasteiger partial charge in [0.25, 0.3) is 0 Å². The van der Waals surface area contributed by atoms with Gasteiger partial charge in [0.2, 0.25) is 5.91 Å². The first kappa shape index (κ1) is 15.5. The van der Waals surface area contributed by atoms with Gasteiger partial charge < -0.3 is 10.4 Å². The number of carbonyl (C=O) groups excluding carboxylic acids is 1. The number of amides is 1. The van der Waals surface area contributed by atoms with E-state index in [-0.39, 0.29) is 24.0 Å². The summed E-state index contributed by atoms with van der Waals surface area (Å²) in [5, 5.41) is 12.8. The van der Waals surface area contributed by atoms with Gasteiger partial charge in [-0.25, -0.2) is 0 Å². The third kappa shape index (κ3) is 4.27. The van der Waals surface area contributed by atoms with E-state index in [1.165, 1.54) is 6.42 Å². The van der Waals surface area contributed by atoms with Crippen molar-refractivity contribution < 1.29 is 9.90 Å². The normalized spacial score (nSPS) is 29.9. The predicted molar refractivity (Wildman–Crippen MR) is 74.3 cm³/mol. The van der Waals surface area contributed by atoms with Gasteiger partial charge in [-0.05, 0) is 25.2 Å². The second-order valence-corrected chi connectivity index (χ2v) is 6.17. The summed E-state index contributed by atoms with van der Waals surface area (Å²) >= 11 is 0. The van der Waals surface area contributed by atoms with Crippen molar-refractivity contribution in [3.05, 3.63) is 0 Å². The molecule has 106 valence electrons. The Morgan fingerprint density at radius 1 is 1.56 bits per heavy atom. The Labute approximate surface area is 111 Å². The number of rotatable bonds is 6. The van der Waals surface area contributed by atoms with E-state index < -0.39 is 0 Å². The summed E-state index contributed by atoms with van der Waals surface area (Å²) in [5.74, 6) is 0.773. The van der Waals surface area contributed by atoms with E-state index in [2.05, 4.69) is 19.2 Å². The van der Waals surface area contributed by atoms with Gasteiger partial charge in [0.05, 0.1) is 12.1 Å². The number of unbranched alkanes of at least 4 members (excludes halogenated alkanes) is 1. The van der Waals surface area contributed by atoms with Crippen LogP contribution in [-0.4, -0.2) is 23.2 Å². The van der Waals surface area contributed by atoms with Gasteiger partial charge in [0.15, 0.2) is 0 Å². The fourth-order valence-corrected chi connectivity index (χ4v) is 2.98. The van der Waals surface area contributed by atoms with Gasteiger partial charge >= 0.3 is 0 Å². The molecule has 0 radical (unpaired) electrons. The molecule has 1 saturated carbocycles. The topological polar surface area (TPSA) is 49.3 Å². The van der Waals surface area contributed by atoms with E-state index in [1.54, 1.807) is 0 Å². The lowest BCUT2D eigenvalue weighted by molar-refractivity contribution is -0.128. The monoisotopic (exact) mass is 255 g/mol. The van der Waals surface area contributed by atoms with E-state index in [0.717, 1.165) is 38.5 Å². The number of hydrogen-bond donors (Lipinski definition) is 2. The summed E-state index contributed by atoms with van der Waals surface area (Å²) in [6.45, 7) is 6.41. The van der Waals surface area contributed by atoms with Crippen molar-refractivity contribution in [2.75, 3.05) is 6.61 Å². The van der Waals surface area contributed by atoms with Gasteiger partial charge in [-0.3, -0.25) is 4.79 Å². The Kier molecular flexibility index (Phi) is 6.13. The van der Waals surface area contributed by atoms with Crippen LogP contribution < -0.4 is 5.32 Å². The maximum absolute atomic E-state index is 12.2. The number of nitrogens with one attached hydrogen (secondary N) is 1. The molecule has 0 aliphatic heterocycles. The molecule has 0 aromatic carbocycles. The van der Waals surface area contributed by atoms with Gasteiger partial charge in [-0.2, -0.15) is 0 Å². The highest BCUT2D eigenvalue weighted by atomic mass is 16.3. The minimum Gasteiger partial charge on any atom is -0.394 e. The van der Waals surface area contributed by atoms with E-state index >= 15 is 0 Å². The Hall–Kier alpha value is -0.570. The molecule has 0 heterocycles. The molecule has 0 spiro atoms. The van der Waals surface area contributed by atoms with Gasteiger partial charge in [0, 0.05) is 5.92 Å². The number of hydrogen-bond acceptors (Lipinski definition) is 2. The van der Waals surface area contributed by atoms with Crippen LogP contribution in [0, 0.1) is 11.8 Å². The highest BCUT2D eigenvalue weighted by molar-refractivity contribution is 5.79. The third-order valence-corrected chi connectivity index (χ3v) is 4.22. The lowest BCUT2D eigenvalue weighted by Gasteiger charge is -2.40. The Morgan fingerprint density at radius 2 is 2.28 bits per heavy atom. The number of aliphatic hydroxyl groups is 1. The van der Waals surface area contributed by atoms with Crippen LogP contribution in [0.3, 0.4) is 0 Å². The van der Waals surface area contributed by atoms with Crippen molar-refractivity contribution in [1.29, 1.82) is 0 Å². The molecular weight excluding hydrogens is 226 g/mol. The van der Waals surface area contributed by atoms with Crippen molar-refractivity contribution in [3.8, 4) is 0 Å². The summed E-state index contributed by atoms with van der Waals surface area (Å²) in [6, 6.07) is 0. The SMILES string of the molecule is CCCCC(C)C(=O)NC1(CO)CCCC(C)C1. The highest BCUT2D eigenvalue weighted by Gasteiger charge is 2.36. The number of aliphatic hydroxyl groups excluding tert-OH is 1. The van der Waals surface area contributed by atoms with Crippen molar-refractivity contribution in [3.63, 3.8) is 0 Å². The van der Waals surface area contributed by atoms with Crippen LogP contribution in [0.1, 0.15) is 65.7 Å². The standard InChI is InChI=1S/C15H29NO2/c1-4-5-8-13(3)14(18)16-15(11-17)9-6-7-12(2)10-15/h12-13,17H,4-11H2,1-3H3,(H,16,18). The summed E-state index contributed by atoms with van der Waals surface area (Å²) in [7, 11) is 0. The molecule has 1 fully saturated rings. The van der Waals surface area contributed by atoms with Gasteiger partial charge in [0.1, 0.15) is 0 Å². The molecule has 0 aromatic rings. The molecule has 1 aliphatic carbocycles. The number of carbonyl (C=O) groups is 1. The Morgan fingerprint density at radius 3 is 2.83 bits per heavy atom. The van der Waals surface area contributed by atoms with Crippen molar-refractivity contribution in [2.45, 2.75) is 71.3 Å². The van der Waals surface area contributed by atoms with Crippen molar-refractivity contribution in [2.24, 2.45) is 11.8 Å². The summed E-state index contributed by atoms with van der Waals surface area (Å²) in [4.78, 5) is 12.2. The summed E-state index contributed by atoms with van der Waals surface area (Å²) < 4.78 is 0. The van der Waals surface area contributed by atoms with Crippen molar-refractivity contribution in [1.82, 2.24) is 5.32 Å². The van der Waals surface area contributed by atoms with Crippen molar-refractivity contribution >= 4 is 5.91 Å². The molecule has 3 nitrogen and oxygen atoms in total. The first-order valence-corrected chi connectivity index (χ1v) is 7.46. The summed E-state index contributed by atoms with van der Waals surface area (Å²) in [6.07, 6.45) is 7.31. The molecule has 3 atom stereocenters. The lowest BCUT2D eigenvalue weighted by Crippen LogP contribution is -2.55. The molecule has 18 heavy (non-hydrogen) atoms. The second kappa shape index (κ2) is 7.13. The van der Waals surface area contributed by atoms with Gasteiger partial charge in [-0.15, -0.1) is 0 Å². The fourth-order valence-electron chi connectivity index (χ4n) is 2.98. The molecule has 1 rings (SSSR count). The lowest BCUT2D eigenvalue weighted by atomic mass is 9.76. The molecular formula is C15H29NO2. The van der Waals surface area contributed by atoms with Crippen LogP contribution in [0.2, 0.25) is 0 Å². The van der Waals surface area contributed by atoms with Crippen LogP contribution in [0.15, 0.2) is 0 Å². The molecule has 1 amide bonds. The zero-order valence-electron chi connectivity index (χ0n) is 12.2. The van der Waals surface area contributed by atoms with Gasteiger partial charge in [-0.1, -0.05) is 46.5 Å². The molecule has 3 unspecified atom stereocenters. The van der Waals surface area contributed by atoms with Crippen LogP contribution in [0.4, 0.5) is 0 Å². The maximum atomic E-state index is 12.2. The first-order chi connectivity index (χ1) is 8.53. The minimum absolute atomic E-state index is 0.0607. The average Bonchev–Trinajstić information content (AvgIpc) is 2.35. The highest BCUT2D eigenvalue weighted by Crippen LogP contribution is 2.32. The van der Waals surface area contributed by atoms with E-state index in [4.69, 9.17) is 0 Å². The van der Waals surface area contributed by atoms with E-state index in [9.17, 15) is 9.90 Å². The Balaban J connectivity index is 2.53. The second-order valence-electron chi connectivity index (χ2n) is 6.17. The molecule has 3 heteroatoms. The van der Waals surface area contributed by atoms with Crippen LogP contribution in [-0.2, 0) is 4.79 Å². The Bertz CT molecular complexity index is 267. The molecule has 2 N–H and O–H groups in total. The third-order valence-electron chi connectivity index (χ3n) is 4.22. The maximum Gasteiger partial charge on any atom is 0.223 e. The first-order valence-electron chi connectivity index (χ1n) is 7.46. The molecule has 1 aliphatic rings. The molecule has 0 saturated heterocycles. The molecule has 0 aromatic heterocycles.